The highest BCUT2D eigenvalue weighted by atomic mass is 32.1. The Hall–Kier alpha value is -1.13. The van der Waals surface area contributed by atoms with Gasteiger partial charge in [0.25, 0.3) is 0 Å². The number of hydrogen-bond donors (Lipinski definition) is 1. The number of aromatic nitrogens is 1. The van der Waals surface area contributed by atoms with Crippen LogP contribution in [0.5, 0.6) is 0 Å². The van der Waals surface area contributed by atoms with Crippen molar-refractivity contribution >= 4 is 11.3 Å². The molecule has 0 aliphatic rings. The van der Waals surface area contributed by atoms with E-state index < -0.39 is 0 Å². The van der Waals surface area contributed by atoms with Crippen molar-refractivity contribution in [1.29, 1.82) is 0 Å². The van der Waals surface area contributed by atoms with Crippen LogP contribution in [0.25, 0.3) is 0 Å². The van der Waals surface area contributed by atoms with Gasteiger partial charge < -0.3 is 9.73 Å². The summed E-state index contributed by atoms with van der Waals surface area (Å²) in [5.41, 5.74) is 1.17. The highest BCUT2D eigenvalue weighted by Gasteiger charge is 2.14. The molecule has 1 N–H and O–H groups in total. The Morgan fingerprint density at radius 3 is 2.82 bits per heavy atom. The van der Waals surface area contributed by atoms with Crippen molar-refractivity contribution in [3.8, 4) is 0 Å². The molecule has 0 amide bonds. The third kappa shape index (κ3) is 2.96. The van der Waals surface area contributed by atoms with Gasteiger partial charge in [-0.1, -0.05) is 6.92 Å². The summed E-state index contributed by atoms with van der Waals surface area (Å²) in [4.78, 5) is 5.79. The molecule has 2 unspecified atom stereocenters. The van der Waals surface area contributed by atoms with Crippen LogP contribution in [0.2, 0.25) is 0 Å². The highest BCUT2D eigenvalue weighted by molar-refractivity contribution is 7.11. The zero-order chi connectivity index (χ0) is 12.3. The second kappa shape index (κ2) is 5.47. The largest absolute Gasteiger partial charge is 0.472 e. The molecule has 92 valence electrons. The summed E-state index contributed by atoms with van der Waals surface area (Å²) in [5.74, 6) is 0. The maximum Gasteiger partial charge on any atom is 0.109 e. The van der Waals surface area contributed by atoms with Gasteiger partial charge in [-0.05, 0) is 26.3 Å². The van der Waals surface area contributed by atoms with E-state index in [2.05, 4.69) is 31.1 Å². The molecule has 2 aromatic heterocycles. The van der Waals surface area contributed by atoms with Gasteiger partial charge in [0.2, 0.25) is 0 Å². The van der Waals surface area contributed by atoms with Crippen molar-refractivity contribution in [3.63, 3.8) is 0 Å². The molecule has 2 aromatic rings. The van der Waals surface area contributed by atoms with Gasteiger partial charge in [-0.25, -0.2) is 4.98 Å². The molecule has 0 radical (unpaired) electrons. The second-order valence-corrected chi connectivity index (χ2v) is 5.33. The smallest absolute Gasteiger partial charge is 0.109 e. The first-order valence-corrected chi connectivity index (χ1v) is 6.75. The molecule has 17 heavy (non-hydrogen) atoms. The van der Waals surface area contributed by atoms with Crippen LogP contribution in [0.3, 0.4) is 0 Å². The zero-order valence-corrected chi connectivity index (χ0v) is 11.3. The summed E-state index contributed by atoms with van der Waals surface area (Å²) in [6, 6.07) is 2.53. The Labute approximate surface area is 106 Å². The quantitative estimate of drug-likeness (QED) is 0.879. The molecule has 2 atom stereocenters. The Balaban J connectivity index is 1.99. The van der Waals surface area contributed by atoms with Crippen molar-refractivity contribution in [3.05, 3.63) is 40.2 Å². The minimum atomic E-state index is 0.269. The fourth-order valence-electron chi connectivity index (χ4n) is 1.75. The van der Waals surface area contributed by atoms with Crippen molar-refractivity contribution in [2.45, 2.75) is 39.3 Å². The molecule has 0 fully saturated rings. The summed E-state index contributed by atoms with van der Waals surface area (Å²) in [6.45, 7) is 6.44. The van der Waals surface area contributed by atoms with E-state index in [9.17, 15) is 0 Å². The lowest BCUT2D eigenvalue weighted by Crippen LogP contribution is -2.21. The molecule has 0 aliphatic heterocycles. The number of furan rings is 1. The molecule has 3 nitrogen and oxygen atoms in total. The third-order valence-electron chi connectivity index (χ3n) is 2.83. The molecule has 0 saturated carbocycles. The van der Waals surface area contributed by atoms with Gasteiger partial charge in [0.15, 0.2) is 0 Å². The highest BCUT2D eigenvalue weighted by Crippen LogP contribution is 2.23. The predicted octanol–water partition coefficient (Wildman–Crippen LogP) is 3.71. The molecular weight excluding hydrogens is 232 g/mol. The van der Waals surface area contributed by atoms with E-state index in [0.717, 1.165) is 11.4 Å². The van der Waals surface area contributed by atoms with Gasteiger partial charge in [0.05, 0.1) is 18.6 Å². The molecule has 2 rings (SSSR count). The van der Waals surface area contributed by atoms with E-state index in [1.165, 1.54) is 10.4 Å². The fraction of sp³-hybridized carbons (Fsp3) is 0.462. The van der Waals surface area contributed by atoms with Crippen LogP contribution in [0.1, 0.15) is 48.3 Å². The topological polar surface area (TPSA) is 38.1 Å². The third-order valence-corrected chi connectivity index (χ3v) is 4.16. The van der Waals surface area contributed by atoms with E-state index in [4.69, 9.17) is 4.42 Å². The Morgan fingerprint density at radius 2 is 2.24 bits per heavy atom. The van der Waals surface area contributed by atoms with Crippen LogP contribution >= 0.6 is 11.3 Å². The molecule has 0 aromatic carbocycles. The lowest BCUT2D eigenvalue weighted by Gasteiger charge is -2.17. The van der Waals surface area contributed by atoms with Gasteiger partial charge in [0.1, 0.15) is 5.01 Å². The van der Waals surface area contributed by atoms with Gasteiger partial charge in [-0.15, -0.1) is 11.3 Å². The maximum absolute atomic E-state index is 5.09. The molecule has 0 saturated heterocycles. The Morgan fingerprint density at radius 1 is 1.41 bits per heavy atom. The summed E-state index contributed by atoms with van der Waals surface area (Å²) in [5, 5.41) is 4.67. The number of rotatable bonds is 5. The van der Waals surface area contributed by atoms with Gasteiger partial charge in [-0.2, -0.15) is 0 Å². The summed E-state index contributed by atoms with van der Waals surface area (Å²) >= 11 is 1.78. The Bertz CT molecular complexity index is 450. The number of hydrogen-bond acceptors (Lipinski definition) is 4. The average Bonchev–Trinajstić information content (AvgIpc) is 3.00. The molecule has 2 heterocycles. The Kier molecular flexibility index (Phi) is 3.97. The zero-order valence-electron chi connectivity index (χ0n) is 10.4. The van der Waals surface area contributed by atoms with Gasteiger partial charge >= 0.3 is 0 Å². The average molecular weight is 250 g/mol. The fourth-order valence-corrected chi connectivity index (χ4v) is 2.62. The van der Waals surface area contributed by atoms with E-state index in [0.29, 0.717) is 0 Å². The first-order chi connectivity index (χ1) is 8.20. The number of nitrogens with zero attached hydrogens (tertiary/aromatic N) is 1. The lowest BCUT2D eigenvalue weighted by atomic mass is 10.1. The predicted molar refractivity (Wildman–Crippen MR) is 70.2 cm³/mol. The van der Waals surface area contributed by atoms with Gasteiger partial charge in [0, 0.05) is 22.7 Å². The van der Waals surface area contributed by atoms with Gasteiger partial charge in [-0.3, -0.25) is 0 Å². The number of thiazole rings is 1. The van der Waals surface area contributed by atoms with Crippen LogP contribution in [-0.4, -0.2) is 4.98 Å². The summed E-state index contributed by atoms with van der Waals surface area (Å²) < 4.78 is 5.09. The second-order valence-electron chi connectivity index (χ2n) is 4.19. The normalized spacial score (nSPS) is 14.8. The van der Waals surface area contributed by atoms with Crippen LogP contribution in [0, 0.1) is 0 Å². The molecule has 0 bridgehead atoms. The molecule has 4 heteroatoms. The van der Waals surface area contributed by atoms with Crippen molar-refractivity contribution in [2.75, 3.05) is 0 Å². The van der Waals surface area contributed by atoms with Crippen LogP contribution in [0.15, 0.2) is 29.2 Å². The number of nitrogens with one attached hydrogen (secondary N) is 1. The monoisotopic (exact) mass is 250 g/mol. The minimum absolute atomic E-state index is 0.269. The summed E-state index contributed by atoms with van der Waals surface area (Å²) in [7, 11) is 0. The SMILES string of the molecule is CCc1cnc(C(C)NC(C)c2ccoc2)s1. The standard InChI is InChI=1S/C13H18N2OS/c1-4-12-7-14-13(17-12)10(3)15-9(2)11-5-6-16-8-11/h5-10,15H,4H2,1-3H3. The van der Waals surface area contributed by atoms with E-state index in [1.54, 1.807) is 23.9 Å². The van der Waals surface area contributed by atoms with Crippen molar-refractivity contribution in [1.82, 2.24) is 10.3 Å². The minimum Gasteiger partial charge on any atom is -0.472 e. The lowest BCUT2D eigenvalue weighted by molar-refractivity contribution is 0.485. The van der Waals surface area contributed by atoms with Crippen molar-refractivity contribution in [2.24, 2.45) is 0 Å². The van der Waals surface area contributed by atoms with Crippen molar-refractivity contribution < 1.29 is 4.42 Å². The molecule has 0 aliphatic carbocycles. The van der Waals surface area contributed by atoms with E-state index >= 15 is 0 Å². The summed E-state index contributed by atoms with van der Waals surface area (Å²) in [6.07, 6.45) is 6.52. The van der Waals surface area contributed by atoms with E-state index in [1.807, 2.05) is 12.3 Å². The maximum atomic E-state index is 5.09. The van der Waals surface area contributed by atoms with E-state index in [-0.39, 0.29) is 12.1 Å². The van der Waals surface area contributed by atoms with Crippen LogP contribution in [-0.2, 0) is 6.42 Å². The van der Waals surface area contributed by atoms with Crippen LogP contribution < -0.4 is 5.32 Å². The molecule has 0 spiro atoms. The number of aryl methyl sites for hydroxylation is 1. The molecular formula is C13H18N2OS. The van der Waals surface area contributed by atoms with Crippen LogP contribution in [0.4, 0.5) is 0 Å². The first kappa shape index (κ1) is 12.3. The first-order valence-electron chi connectivity index (χ1n) is 5.93.